The molecule has 0 aliphatic carbocycles. The number of carbonyl (C=O) groups excluding carboxylic acids is 1. The van der Waals surface area contributed by atoms with Gasteiger partial charge in [0.1, 0.15) is 5.82 Å². The minimum absolute atomic E-state index is 0.147. The molecule has 126 valence electrons. The second-order valence-electron chi connectivity index (χ2n) is 5.47. The van der Waals surface area contributed by atoms with E-state index < -0.39 is 0 Å². The highest BCUT2D eigenvalue weighted by molar-refractivity contribution is 5.97. The third-order valence-corrected chi connectivity index (χ3v) is 4.13. The second kappa shape index (κ2) is 6.39. The van der Waals surface area contributed by atoms with Crippen molar-refractivity contribution >= 4 is 11.6 Å². The van der Waals surface area contributed by atoms with Crippen LogP contribution in [0.5, 0.6) is 17.2 Å². The fourth-order valence-electron chi connectivity index (χ4n) is 3.12. The first kappa shape index (κ1) is 16.1. The minimum atomic E-state index is -0.348. The number of nitrogens with one attached hydrogen (secondary N) is 1. The summed E-state index contributed by atoms with van der Waals surface area (Å²) in [6.07, 6.45) is 0.197. The zero-order valence-electron chi connectivity index (χ0n) is 13.7. The smallest absolute Gasteiger partial charge is 0.225 e. The lowest BCUT2D eigenvalue weighted by atomic mass is 9.83. The van der Waals surface area contributed by atoms with Gasteiger partial charge in [0.15, 0.2) is 11.5 Å². The molecule has 3 rings (SSSR count). The number of anilines is 1. The summed E-state index contributed by atoms with van der Waals surface area (Å²) in [5, 5.41) is 2.83. The summed E-state index contributed by atoms with van der Waals surface area (Å²) in [7, 11) is 4.56. The van der Waals surface area contributed by atoms with Gasteiger partial charge in [-0.2, -0.15) is 0 Å². The Morgan fingerprint density at radius 3 is 2.46 bits per heavy atom. The van der Waals surface area contributed by atoms with Crippen molar-refractivity contribution in [1.29, 1.82) is 0 Å². The molecule has 0 saturated heterocycles. The summed E-state index contributed by atoms with van der Waals surface area (Å²) in [5.41, 5.74) is 2.03. The fourth-order valence-corrected chi connectivity index (χ4v) is 3.12. The molecule has 1 heterocycles. The molecule has 5 nitrogen and oxygen atoms in total. The molecule has 0 aromatic heterocycles. The van der Waals surface area contributed by atoms with Crippen molar-refractivity contribution in [3.63, 3.8) is 0 Å². The van der Waals surface area contributed by atoms with Crippen LogP contribution >= 0.6 is 0 Å². The SMILES string of the molecule is COc1cc2c(c(OC)c1OC)[C@H](c1cccc(F)c1)CC(=O)N2. The van der Waals surface area contributed by atoms with Crippen LogP contribution in [0.4, 0.5) is 10.1 Å². The fraction of sp³-hybridized carbons (Fsp3) is 0.278. The second-order valence-corrected chi connectivity index (χ2v) is 5.47. The van der Waals surface area contributed by atoms with Crippen LogP contribution in [0, 0.1) is 5.82 Å². The van der Waals surface area contributed by atoms with Gasteiger partial charge in [0.25, 0.3) is 0 Å². The topological polar surface area (TPSA) is 56.8 Å². The molecule has 1 atom stereocenters. The van der Waals surface area contributed by atoms with E-state index in [4.69, 9.17) is 14.2 Å². The number of hydrogen-bond donors (Lipinski definition) is 1. The van der Waals surface area contributed by atoms with Crippen LogP contribution in [0.25, 0.3) is 0 Å². The third kappa shape index (κ3) is 2.64. The van der Waals surface area contributed by atoms with Gasteiger partial charge in [0.05, 0.1) is 27.0 Å². The molecule has 1 amide bonds. The molecule has 0 saturated carbocycles. The highest BCUT2D eigenvalue weighted by Crippen LogP contribution is 2.51. The first-order valence-corrected chi connectivity index (χ1v) is 7.47. The van der Waals surface area contributed by atoms with E-state index >= 15 is 0 Å². The van der Waals surface area contributed by atoms with Crippen LogP contribution in [0.2, 0.25) is 0 Å². The lowest BCUT2D eigenvalue weighted by Crippen LogP contribution is -2.24. The van der Waals surface area contributed by atoms with Crippen LogP contribution in [0.3, 0.4) is 0 Å². The minimum Gasteiger partial charge on any atom is -0.493 e. The van der Waals surface area contributed by atoms with Crippen molar-refractivity contribution in [3.05, 3.63) is 47.3 Å². The van der Waals surface area contributed by atoms with Gasteiger partial charge in [-0.3, -0.25) is 4.79 Å². The first-order chi connectivity index (χ1) is 11.6. The quantitative estimate of drug-likeness (QED) is 0.934. The summed E-state index contributed by atoms with van der Waals surface area (Å²) in [4.78, 5) is 12.1. The van der Waals surface area contributed by atoms with E-state index in [0.717, 1.165) is 5.56 Å². The summed E-state index contributed by atoms with van der Waals surface area (Å²) >= 11 is 0. The van der Waals surface area contributed by atoms with Crippen molar-refractivity contribution < 1.29 is 23.4 Å². The average molecular weight is 331 g/mol. The Kier molecular flexibility index (Phi) is 4.29. The molecular formula is C18H18FNO4. The predicted molar refractivity (Wildman–Crippen MR) is 87.6 cm³/mol. The largest absolute Gasteiger partial charge is 0.493 e. The zero-order valence-corrected chi connectivity index (χ0v) is 13.7. The molecule has 1 aliphatic heterocycles. The molecule has 1 N–H and O–H groups in total. The molecule has 0 unspecified atom stereocenters. The molecule has 0 spiro atoms. The summed E-state index contributed by atoms with van der Waals surface area (Å²) in [6.45, 7) is 0. The van der Waals surface area contributed by atoms with E-state index in [1.807, 2.05) is 0 Å². The Morgan fingerprint density at radius 1 is 1.08 bits per heavy atom. The van der Waals surface area contributed by atoms with Crippen molar-refractivity contribution in [2.45, 2.75) is 12.3 Å². The Morgan fingerprint density at radius 2 is 1.83 bits per heavy atom. The predicted octanol–water partition coefficient (Wildman–Crippen LogP) is 3.33. The number of halogens is 1. The number of carbonyl (C=O) groups is 1. The van der Waals surface area contributed by atoms with Gasteiger partial charge in [-0.1, -0.05) is 12.1 Å². The molecule has 2 aromatic carbocycles. The molecule has 1 aliphatic rings. The van der Waals surface area contributed by atoms with E-state index in [1.165, 1.54) is 33.5 Å². The van der Waals surface area contributed by atoms with Gasteiger partial charge in [0, 0.05) is 24.0 Å². The molecule has 0 bridgehead atoms. The number of rotatable bonds is 4. The highest BCUT2D eigenvalue weighted by Gasteiger charge is 2.33. The molecule has 6 heteroatoms. The normalized spacial score (nSPS) is 16.2. The van der Waals surface area contributed by atoms with Crippen LogP contribution in [0.15, 0.2) is 30.3 Å². The molecule has 2 aromatic rings. The summed E-state index contributed by atoms with van der Waals surface area (Å²) < 4.78 is 30.0. The highest BCUT2D eigenvalue weighted by atomic mass is 19.1. The Hall–Kier alpha value is -2.76. The average Bonchev–Trinajstić information content (AvgIpc) is 2.59. The van der Waals surface area contributed by atoms with E-state index in [0.29, 0.717) is 28.5 Å². The molecule has 0 fully saturated rings. The van der Waals surface area contributed by atoms with Gasteiger partial charge in [-0.15, -0.1) is 0 Å². The number of methoxy groups -OCH3 is 3. The van der Waals surface area contributed by atoms with Gasteiger partial charge < -0.3 is 19.5 Å². The van der Waals surface area contributed by atoms with E-state index in [-0.39, 0.29) is 24.1 Å². The van der Waals surface area contributed by atoms with Crippen LogP contribution < -0.4 is 19.5 Å². The maximum Gasteiger partial charge on any atom is 0.225 e. The lowest BCUT2D eigenvalue weighted by Gasteiger charge is -2.29. The van der Waals surface area contributed by atoms with Crippen LogP contribution in [0.1, 0.15) is 23.5 Å². The van der Waals surface area contributed by atoms with Gasteiger partial charge in [-0.25, -0.2) is 4.39 Å². The van der Waals surface area contributed by atoms with Crippen LogP contribution in [-0.2, 0) is 4.79 Å². The van der Waals surface area contributed by atoms with E-state index in [9.17, 15) is 9.18 Å². The van der Waals surface area contributed by atoms with Crippen molar-refractivity contribution in [2.75, 3.05) is 26.6 Å². The maximum atomic E-state index is 13.7. The molecular weight excluding hydrogens is 313 g/mol. The third-order valence-electron chi connectivity index (χ3n) is 4.13. The first-order valence-electron chi connectivity index (χ1n) is 7.47. The lowest BCUT2D eigenvalue weighted by molar-refractivity contribution is -0.116. The maximum absolute atomic E-state index is 13.7. The van der Waals surface area contributed by atoms with E-state index in [2.05, 4.69) is 5.32 Å². The van der Waals surface area contributed by atoms with E-state index in [1.54, 1.807) is 18.2 Å². The Bertz CT molecular complexity index is 791. The Balaban J connectivity index is 2.25. The van der Waals surface area contributed by atoms with Crippen molar-refractivity contribution in [1.82, 2.24) is 0 Å². The van der Waals surface area contributed by atoms with Gasteiger partial charge in [-0.05, 0) is 17.7 Å². The van der Waals surface area contributed by atoms with Crippen molar-refractivity contribution in [3.8, 4) is 17.2 Å². The number of fused-ring (bicyclic) bond motifs is 1. The monoisotopic (exact) mass is 331 g/mol. The molecule has 0 radical (unpaired) electrons. The van der Waals surface area contributed by atoms with Crippen molar-refractivity contribution in [2.24, 2.45) is 0 Å². The number of ether oxygens (including phenoxy) is 3. The molecule has 24 heavy (non-hydrogen) atoms. The van der Waals surface area contributed by atoms with Gasteiger partial charge in [0.2, 0.25) is 11.7 Å². The number of benzene rings is 2. The summed E-state index contributed by atoms with van der Waals surface area (Å²) in [5.74, 6) is 0.537. The standard InChI is InChI=1S/C18H18FNO4/c1-22-14-9-13-16(18(24-3)17(14)23-2)12(8-15(21)20-13)10-5-4-6-11(19)7-10/h4-7,9,12H,8H2,1-3H3,(H,20,21)/t12-/m0/s1. The summed E-state index contributed by atoms with van der Waals surface area (Å²) in [6, 6.07) is 7.93. The Labute approximate surface area is 139 Å². The zero-order chi connectivity index (χ0) is 17.3. The number of hydrogen-bond acceptors (Lipinski definition) is 4. The number of amides is 1. The van der Waals surface area contributed by atoms with Gasteiger partial charge >= 0.3 is 0 Å². The van der Waals surface area contributed by atoms with Crippen LogP contribution in [-0.4, -0.2) is 27.2 Å².